The van der Waals surface area contributed by atoms with Gasteiger partial charge in [0.2, 0.25) is 5.91 Å². The molecule has 0 heterocycles. The minimum absolute atomic E-state index is 0.0558. The summed E-state index contributed by atoms with van der Waals surface area (Å²) in [5.41, 5.74) is 6.22. The van der Waals surface area contributed by atoms with Crippen LogP contribution in [0.5, 0.6) is 5.75 Å². The summed E-state index contributed by atoms with van der Waals surface area (Å²) in [5.74, 6) is 0.788. The fraction of sp³-hybridized carbons (Fsp3) is 0.500. The van der Waals surface area contributed by atoms with E-state index in [9.17, 15) is 4.79 Å². The lowest BCUT2D eigenvalue weighted by atomic mass is 10.2. The summed E-state index contributed by atoms with van der Waals surface area (Å²) in [6, 6.07) is 7.56. The van der Waals surface area contributed by atoms with Crippen molar-refractivity contribution in [3.05, 3.63) is 24.3 Å². The van der Waals surface area contributed by atoms with Crippen molar-refractivity contribution >= 4 is 11.6 Å². The molecular formula is C14H22N2O2. The molecule has 0 aliphatic carbocycles. The first-order valence-corrected chi connectivity index (χ1v) is 6.28. The van der Waals surface area contributed by atoms with Crippen molar-refractivity contribution in [3.8, 4) is 5.75 Å². The van der Waals surface area contributed by atoms with Crippen LogP contribution in [0, 0.1) is 0 Å². The molecule has 0 fully saturated rings. The van der Waals surface area contributed by atoms with Crippen molar-refractivity contribution in [1.29, 1.82) is 0 Å². The van der Waals surface area contributed by atoms with Crippen LogP contribution in [-0.2, 0) is 4.79 Å². The largest absolute Gasteiger partial charge is 0.489 e. The van der Waals surface area contributed by atoms with E-state index in [0.717, 1.165) is 11.4 Å². The van der Waals surface area contributed by atoms with Crippen molar-refractivity contribution < 1.29 is 9.53 Å². The molecule has 0 radical (unpaired) electrons. The molecule has 0 saturated heterocycles. The zero-order valence-electron chi connectivity index (χ0n) is 11.3. The van der Waals surface area contributed by atoms with Crippen molar-refractivity contribution in [2.75, 3.05) is 18.5 Å². The van der Waals surface area contributed by atoms with Crippen LogP contribution in [-0.4, -0.2) is 25.6 Å². The summed E-state index contributed by atoms with van der Waals surface area (Å²) < 4.78 is 5.70. The second-order valence-electron chi connectivity index (χ2n) is 4.48. The van der Waals surface area contributed by atoms with Gasteiger partial charge in [-0.05, 0) is 38.9 Å². The maximum absolute atomic E-state index is 12.0. The number of benzene rings is 1. The van der Waals surface area contributed by atoms with Gasteiger partial charge >= 0.3 is 0 Å². The van der Waals surface area contributed by atoms with Crippen molar-refractivity contribution in [2.45, 2.75) is 32.8 Å². The van der Waals surface area contributed by atoms with Crippen LogP contribution in [0.4, 0.5) is 5.69 Å². The minimum atomic E-state index is 0.0558. The van der Waals surface area contributed by atoms with E-state index >= 15 is 0 Å². The first-order valence-electron chi connectivity index (χ1n) is 6.28. The number of hydrogen-bond donors (Lipinski definition) is 1. The van der Waals surface area contributed by atoms with E-state index in [1.807, 2.05) is 38.1 Å². The van der Waals surface area contributed by atoms with Crippen LogP contribution in [0.1, 0.15) is 26.7 Å². The molecule has 4 heteroatoms. The number of rotatable bonds is 6. The number of carbonyl (C=O) groups excluding carboxylic acids is 1. The fourth-order valence-electron chi connectivity index (χ4n) is 1.64. The maximum Gasteiger partial charge on any atom is 0.226 e. The first-order chi connectivity index (χ1) is 8.56. The molecule has 0 spiro atoms. The Hall–Kier alpha value is -1.55. The Morgan fingerprint density at radius 1 is 1.39 bits per heavy atom. The van der Waals surface area contributed by atoms with E-state index in [0.29, 0.717) is 19.4 Å². The molecule has 0 aromatic heterocycles. The molecule has 2 N–H and O–H groups in total. The highest BCUT2D eigenvalue weighted by Crippen LogP contribution is 2.28. The average molecular weight is 250 g/mol. The molecule has 0 unspecified atom stereocenters. The third-order valence-corrected chi connectivity index (χ3v) is 2.56. The molecule has 100 valence electrons. The van der Waals surface area contributed by atoms with Crippen molar-refractivity contribution in [1.82, 2.24) is 0 Å². The van der Waals surface area contributed by atoms with E-state index in [4.69, 9.17) is 10.5 Å². The molecule has 0 bridgehead atoms. The third kappa shape index (κ3) is 4.04. The van der Waals surface area contributed by atoms with Crippen LogP contribution in [0.25, 0.3) is 0 Å². The van der Waals surface area contributed by atoms with E-state index in [1.165, 1.54) is 0 Å². The summed E-state index contributed by atoms with van der Waals surface area (Å²) in [6.45, 7) is 4.46. The molecular weight excluding hydrogens is 228 g/mol. The number of nitrogens with two attached hydrogens (primary N) is 1. The van der Waals surface area contributed by atoms with Crippen LogP contribution in [0.15, 0.2) is 24.3 Å². The highest BCUT2D eigenvalue weighted by Gasteiger charge is 2.15. The highest BCUT2D eigenvalue weighted by molar-refractivity contribution is 5.94. The first kappa shape index (κ1) is 14.5. The Morgan fingerprint density at radius 3 is 2.67 bits per heavy atom. The van der Waals surface area contributed by atoms with Gasteiger partial charge in [0.1, 0.15) is 5.75 Å². The number of hydrogen-bond acceptors (Lipinski definition) is 3. The molecule has 0 aliphatic rings. The van der Waals surface area contributed by atoms with Gasteiger partial charge in [0.05, 0.1) is 11.8 Å². The predicted molar refractivity (Wildman–Crippen MR) is 73.9 cm³/mol. The summed E-state index contributed by atoms with van der Waals surface area (Å²) >= 11 is 0. The summed E-state index contributed by atoms with van der Waals surface area (Å²) in [4.78, 5) is 13.6. The topological polar surface area (TPSA) is 55.6 Å². The summed E-state index contributed by atoms with van der Waals surface area (Å²) in [7, 11) is 1.77. The molecule has 18 heavy (non-hydrogen) atoms. The second-order valence-corrected chi connectivity index (χ2v) is 4.48. The standard InChI is InChI=1S/C14H22N2O2/c1-11(2)18-13-8-5-4-7-12(13)16(3)14(17)9-6-10-15/h4-5,7-8,11H,6,9-10,15H2,1-3H3. The Bertz CT molecular complexity index is 391. The molecule has 0 saturated carbocycles. The summed E-state index contributed by atoms with van der Waals surface area (Å²) in [6.07, 6.45) is 1.25. The van der Waals surface area contributed by atoms with Gasteiger partial charge in [0.25, 0.3) is 0 Å². The third-order valence-electron chi connectivity index (χ3n) is 2.56. The molecule has 0 atom stereocenters. The predicted octanol–water partition coefficient (Wildman–Crippen LogP) is 2.18. The van der Waals surface area contributed by atoms with E-state index < -0.39 is 0 Å². The average Bonchev–Trinajstić information content (AvgIpc) is 2.35. The lowest BCUT2D eigenvalue weighted by molar-refractivity contribution is -0.118. The lowest BCUT2D eigenvalue weighted by Crippen LogP contribution is -2.27. The quantitative estimate of drug-likeness (QED) is 0.842. The molecule has 0 aliphatic heterocycles. The number of nitrogens with zero attached hydrogens (tertiary/aromatic N) is 1. The zero-order valence-corrected chi connectivity index (χ0v) is 11.3. The lowest BCUT2D eigenvalue weighted by Gasteiger charge is -2.21. The van der Waals surface area contributed by atoms with Gasteiger partial charge in [0.15, 0.2) is 0 Å². The number of amides is 1. The van der Waals surface area contributed by atoms with E-state index in [-0.39, 0.29) is 12.0 Å². The molecule has 1 aromatic carbocycles. The van der Waals surface area contributed by atoms with Gasteiger partial charge in [-0.2, -0.15) is 0 Å². The molecule has 1 aromatic rings. The molecule has 1 amide bonds. The Morgan fingerprint density at radius 2 is 2.06 bits per heavy atom. The number of carbonyl (C=O) groups is 1. The van der Waals surface area contributed by atoms with E-state index in [2.05, 4.69) is 0 Å². The minimum Gasteiger partial charge on any atom is -0.489 e. The van der Waals surface area contributed by atoms with E-state index in [1.54, 1.807) is 11.9 Å². The van der Waals surface area contributed by atoms with Gasteiger partial charge in [-0.3, -0.25) is 4.79 Å². The maximum atomic E-state index is 12.0. The van der Waals surface area contributed by atoms with Crippen molar-refractivity contribution in [3.63, 3.8) is 0 Å². The smallest absolute Gasteiger partial charge is 0.226 e. The van der Waals surface area contributed by atoms with Crippen LogP contribution in [0.2, 0.25) is 0 Å². The van der Waals surface area contributed by atoms with Gasteiger partial charge in [0, 0.05) is 13.5 Å². The van der Waals surface area contributed by atoms with Gasteiger partial charge in [-0.15, -0.1) is 0 Å². The monoisotopic (exact) mass is 250 g/mol. The van der Waals surface area contributed by atoms with Crippen LogP contribution >= 0.6 is 0 Å². The Balaban J connectivity index is 2.84. The molecule has 4 nitrogen and oxygen atoms in total. The van der Waals surface area contributed by atoms with Gasteiger partial charge < -0.3 is 15.4 Å². The zero-order chi connectivity index (χ0) is 13.5. The van der Waals surface area contributed by atoms with Gasteiger partial charge in [-0.25, -0.2) is 0 Å². The number of ether oxygens (including phenoxy) is 1. The number of anilines is 1. The normalized spacial score (nSPS) is 10.5. The summed E-state index contributed by atoms with van der Waals surface area (Å²) in [5, 5.41) is 0. The molecule has 1 rings (SSSR count). The number of para-hydroxylation sites is 2. The second kappa shape index (κ2) is 7.01. The van der Waals surface area contributed by atoms with Crippen LogP contribution < -0.4 is 15.4 Å². The highest BCUT2D eigenvalue weighted by atomic mass is 16.5. The Labute approximate surface area is 109 Å². The SMILES string of the molecule is CC(C)Oc1ccccc1N(C)C(=O)CCCN. The Kier molecular flexibility index (Phi) is 5.65. The fourth-order valence-corrected chi connectivity index (χ4v) is 1.64. The van der Waals surface area contributed by atoms with Gasteiger partial charge in [-0.1, -0.05) is 12.1 Å². The van der Waals surface area contributed by atoms with Crippen molar-refractivity contribution in [2.24, 2.45) is 5.73 Å². The van der Waals surface area contributed by atoms with Crippen LogP contribution in [0.3, 0.4) is 0 Å².